The van der Waals surface area contributed by atoms with Gasteiger partial charge in [0.1, 0.15) is 6.04 Å². The molecule has 1 saturated heterocycles. The normalized spacial score (nSPS) is 22.2. The second kappa shape index (κ2) is 6.03. The molecule has 21 heavy (non-hydrogen) atoms. The fourth-order valence-corrected chi connectivity index (χ4v) is 2.76. The number of ether oxygens (including phenoxy) is 1. The number of morpholine rings is 1. The van der Waals surface area contributed by atoms with Gasteiger partial charge in [0.25, 0.3) is 0 Å². The van der Waals surface area contributed by atoms with Crippen molar-refractivity contribution in [3.8, 4) is 0 Å². The number of nitrogens with one attached hydrogen (secondary N) is 1. The third-order valence-corrected chi connectivity index (χ3v) is 4.07. The first-order valence-corrected chi connectivity index (χ1v) is 7.54. The van der Waals surface area contributed by atoms with Gasteiger partial charge in [-0.1, -0.05) is 17.7 Å². The Hall–Kier alpha value is -1.59. The molecule has 1 atom stereocenters. The lowest BCUT2D eigenvalue weighted by Crippen LogP contribution is -2.54. The third-order valence-electron chi connectivity index (χ3n) is 4.07. The largest absolute Gasteiger partial charge is 0.392 e. The maximum atomic E-state index is 12.4. The molecule has 1 aliphatic heterocycles. The van der Waals surface area contributed by atoms with Crippen molar-refractivity contribution in [2.45, 2.75) is 38.5 Å². The SMILES string of the molecule is Cc1ccc(N2CCOCC2C(=O)NC2CC2)c(CO)c1. The Labute approximate surface area is 124 Å². The van der Waals surface area contributed by atoms with E-state index in [2.05, 4.69) is 10.2 Å². The molecule has 114 valence electrons. The van der Waals surface area contributed by atoms with Crippen molar-refractivity contribution in [3.63, 3.8) is 0 Å². The molecule has 3 rings (SSSR count). The number of rotatable bonds is 4. The molecule has 2 N–H and O–H groups in total. The highest BCUT2D eigenvalue weighted by molar-refractivity contribution is 5.86. The molecule has 2 aliphatic rings. The van der Waals surface area contributed by atoms with Crippen molar-refractivity contribution in [1.82, 2.24) is 5.32 Å². The molecule has 0 radical (unpaired) electrons. The summed E-state index contributed by atoms with van der Waals surface area (Å²) in [7, 11) is 0. The summed E-state index contributed by atoms with van der Waals surface area (Å²) in [5.74, 6) is 0.0293. The number of carbonyl (C=O) groups excluding carboxylic acids is 1. The van der Waals surface area contributed by atoms with Gasteiger partial charge in [0, 0.05) is 23.8 Å². The maximum Gasteiger partial charge on any atom is 0.245 e. The fraction of sp³-hybridized carbons (Fsp3) is 0.562. The van der Waals surface area contributed by atoms with E-state index in [4.69, 9.17) is 4.74 Å². The smallest absolute Gasteiger partial charge is 0.245 e. The van der Waals surface area contributed by atoms with Crippen LogP contribution in [-0.2, 0) is 16.1 Å². The molecule has 1 amide bonds. The van der Waals surface area contributed by atoms with Gasteiger partial charge in [-0.2, -0.15) is 0 Å². The van der Waals surface area contributed by atoms with Gasteiger partial charge in [0.2, 0.25) is 5.91 Å². The summed E-state index contributed by atoms with van der Waals surface area (Å²) in [6, 6.07) is 6.01. The molecule has 2 fully saturated rings. The second-order valence-electron chi connectivity index (χ2n) is 5.86. The molecule has 5 nitrogen and oxygen atoms in total. The van der Waals surface area contributed by atoms with Crippen molar-refractivity contribution < 1.29 is 14.6 Å². The number of carbonyl (C=O) groups is 1. The Morgan fingerprint density at radius 2 is 2.29 bits per heavy atom. The Bertz CT molecular complexity index is 528. The number of anilines is 1. The van der Waals surface area contributed by atoms with Crippen molar-refractivity contribution in [1.29, 1.82) is 0 Å². The van der Waals surface area contributed by atoms with Gasteiger partial charge < -0.3 is 20.1 Å². The molecule has 5 heteroatoms. The van der Waals surface area contributed by atoms with Crippen LogP contribution in [0.1, 0.15) is 24.0 Å². The topological polar surface area (TPSA) is 61.8 Å². The third kappa shape index (κ3) is 3.19. The molecule has 1 saturated carbocycles. The van der Waals surface area contributed by atoms with Crippen LogP contribution in [0.25, 0.3) is 0 Å². The Balaban J connectivity index is 1.84. The number of benzene rings is 1. The minimum absolute atomic E-state index is 0.0225. The first-order chi connectivity index (χ1) is 10.2. The van der Waals surface area contributed by atoms with E-state index in [-0.39, 0.29) is 18.6 Å². The average molecular weight is 290 g/mol. The van der Waals surface area contributed by atoms with E-state index in [9.17, 15) is 9.90 Å². The van der Waals surface area contributed by atoms with Crippen LogP contribution in [0.15, 0.2) is 18.2 Å². The zero-order valence-electron chi connectivity index (χ0n) is 12.3. The van der Waals surface area contributed by atoms with Crippen LogP contribution in [0.5, 0.6) is 0 Å². The van der Waals surface area contributed by atoms with Crippen molar-refractivity contribution in [2.75, 3.05) is 24.7 Å². The standard InChI is InChI=1S/C16H22N2O3/c1-11-2-5-14(12(8-11)9-19)18-6-7-21-10-15(18)16(20)17-13-3-4-13/h2,5,8,13,15,19H,3-4,6-7,9-10H2,1H3,(H,17,20). The van der Waals surface area contributed by atoms with E-state index in [1.54, 1.807) is 0 Å². The summed E-state index contributed by atoms with van der Waals surface area (Å²) in [5.41, 5.74) is 2.90. The number of amides is 1. The number of aryl methyl sites for hydroxylation is 1. The molecule has 1 aromatic rings. The van der Waals surface area contributed by atoms with Gasteiger partial charge in [-0.05, 0) is 25.8 Å². The molecular formula is C16H22N2O3. The minimum Gasteiger partial charge on any atom is -0.392 e. The predicted octanol–water partition coefficient (Wildman–Crippen LogP) is 0.971. The predicted molar refractivity (Wildman–Crippen MR) is 80.2 cm³/mol. The molecular weight excluding hydrogens is 268 g/mol. The first kappa shape index (κ1) is 14.4. The Morgan fingerprint density at radius 1 is 1.48 bits per heavy atom. The van der Waals surface area contributed by atoms with E-state index in [0.717, 1.165) is 29.7 Å². The van der Waals surface area contributed by atoms with Gasteiger partial charge >= 0.3 is 0 Å². The van der Waals surface area contributed by atoms with Crippen LogP contribution in [0, 0.1) is 6.92 Å². The number of hydrogen-bond acceptors (Lipinski definition) is 4. The molecule has 0 bridgehead atoms. The van der Waals surface area contributed by atoms with Crippen LogP contribution in [0.2, 0.25) is 0 Å². The number of aliphatic hydroxyl groups is 1. The quantitative estimate of drug-likeness (QED) is 0.867. The summed E-state index contributed by atoms with van der Waals surface area (Å²) in [6.07, 6.45) is 2.15. The fourth-order valence-electron chi connectivity index (χ4n) is 2.76. The van der Waals surface area contributed by atoms with Crippen molar-refractivity contribution >= 4 is 11.6 Å². The van der Waals surface area contributed by atoms with Crippen LogP contribution in [0.3, 0.4) is 0 Å². The Kier molecular flexibility index (Phi) is 4.12. The van der Waals surface area contributed by atoms with Crippen molar-refractivity contribution in [2.24, 2.45) is 0 Å². The summed E-state index contributed by atoms with van der Waals surface area (Å²) in [4.78, 5) is 14.5. The van der Waals surface area contributed by atoms with Gasteiger partial charge in [-0.3, -0.25) is 4.79 Å². The van der Waals surface area contributed by atoms with Crippen molar-refractivity contribution in [3.05, 3.63) is 29.3 Å². The van der Waals surface area contributed by atoms with Crippen LogP contribution in [0.4, 0.5) is 5.69 Å². The van der Waals surface area contributed by atoms with E-state index in [0.29, 0.717) is 25.8 Å². The average Bonchev–Trinajstić information content (AvgIpc) is 3.31. The number of hydrogen-bond donors (Lipinski definition) is 2. The molecule has 0 aromatic heterocycles. The first-order valence-electron chi connectivity index (χ1n) is 7.54. The van der Waals surface area contributed by atoms with Gasteiger partial charge in [0.15, 0.2) is 0 Å². The molecule has 1 heterocycles. The lowest BCUT2D eigenvalue weighted by molar-refractivity contribution is -0.124. The highest BCUT2D eigenvalue weighted by atomic mass is 16.5. The monoisotopic (exact) mass is 290 g/mol. The summed E-state index contributed by atoms with van der Waals surface area (Å²) >= 11 is 0. The summed E-state index contributed by atoms with van der Waals surface area (Å²) in [5, 5.41) is 12.6. The summed E-state index contributed by atoms with van der Waals surface area (Å²) in [6.45, 7) is 3.65. The second-order valence-corrected chi connectivity index (χ2v) is 5.86. The number of aliphatic hydroxyl groups excluding tert-OH is 1. The van der Waals surface area contributed by atoms with Crippen LogP contribution in [-0.4, -0.2) is 42.9 Å². The highest BCUT2D eigenvalue weighted by Crippen LogP contribution is 2.27. The number of nitrogens with zero attached hydrogens (tertiary/aromatic N) is 1. The van der Waals surface area contributed by atoms with Crippen LogP contribution < -0.4 is 10.2 Å². The summed E-state index contributed by atoms with van der Waals surface area (Å²) < 4.78 is 5.49. The van der Waals surface area contributed by atoms with Gasteiger partial charge in [0.05, 0.1) is 19.8 Å². The lowest BCUT2D eigenvalue weighted by Gasteiger charge is -2.37. The lowest BCUT2D eigenvalue weighted by atomic mass is 10.1. The minimum atomic E-state index is -0.313. The van der Waals surface area contributed by atoms with Gasteiger partial charge in [-0.15, -0.1) is 0 Å². The zero-order chi connectivity index (χ0) is 14.8. The van der Waals surface area contributed by atoms with Gasteiger partial charge in [-0.25, -0.2) is 0 Å². The maximum absolute atomic E-state index is 12.4. The zero-order valence-corrected chi connectivity index (χ0v) is 12.3. The highest BCUT2D eigenvalue weighted by Gasteiger charge is 2.34. The van der Waals surface area contributed by atoms with E-state index in [1.807, 2.05) is 25.1 Å². The van der Waals surface area contributed by atoms with E-state index in [1.165, 1.54) is 0 Å². The van der Waals surface area contributed by atoms with E-state index >= 15 is 0 Å². The molecule has 0 spiro atoms. The van der Waals surface area contributed by atoms with E-state index < -0.39 is 0 Å². The molecule has 1 aromatic carbocycles. The van der Waals surface area contributed by atoms with Crippen LogP contribution >= 0.6 is 0 Å². The molecule has 1 aliphatic carbocycles. The Morgan fingerprint density at radius 3 is 3.00 bits per heavy atom. The molecule has 1 unspecified atom stereocenters.